The second-order valence-corrected chi connectivity index (χ2v) is 7.28. The summed E-state index contributed by atoms with van der Waals surface area (Å²) in [5.41, 5.74) is 13.6. The molecule has 2 aliphatic rings. The van der Waals surface area contributed by atoms with Gasteiger partial charge in [0.15, 0.2) is 5.60 Å². The number of anilines is 2. The summed E-state index contributed by atoms with van der Waals surface area (Å²) in [7, 11) is 0. The molecule has 5 rings (SSSR count). The van der Waals surface area contributed by atoms with Crippen LogP contribution in [0.4, 0.5) is 11.4 Å². The number of benzene rings is 3. The zero-order chi connectivity index (χ0) is 18.9. The summed E-state index contributed by atoms with van der Waals surface area (Å²) in [4.78, 5) is 12.8. The van der Waals surface area contributed by atoms with Crippen LogP contribution < -0.4 is 16.2 Å². The van der Waals surface area contributed by atoms with Crippen molar-refractivity contribution in [2.45, 2.75) is 5.60 Å². The minimum Gasteiger partial charge on any atom is -0.456 e. The van der Waals surface area contributed by atoms with E-state index >= 15 is 0 Å². The number of hydrogen-bond acceptors (Lipinski definition) is 5. The molecule has 134 valence electrons. The topological polar surface area (TPSA) is 87.6 Å². The fourth-order valence-corrected chi connectivity index (χ4v) is 4.33. The van der Waals surface area contributed by atoms with Crippen molar-refractivity contribution < 1.29 is 14.3 Å². The van der Waals surface area contributed by atoms with E-state index in [1.54, 1.807) is 48.5 Å². The zero-order valence-corrected chi connectivity index (χ0v) is 15.3. The summed E-state index contributed by atoms with van der Waals surface area (Å²) in [5.74, 6) is 0.375. The Hall–Kier alpha value is -2.89. The van der Waals surface area contributed by atoms with Gasteiger partial charge in [0, 0.05) is 45.2 Å². The van der Waals surface area contributed by atoms with E-state index in [9.17, 15) is 4.79 Å². The van der Waals surface area contributed by atoms with Crippen molar-refractivity contribution in [1.29, 1.82) is 0 Å². The van der Waals surface area contributed by atoms with Gasteiger partial charge in [-0.05, 0) is 36.4 Å². The molecule has 0 bridgehead atoms. The summed E-state index contributed by atoms with van der Waals surface area (Å²) in [5, 5.41) is 0.643. The molecule has 2 heterocycles. The number of nitrogen functional groups attached to an aromatic ring is 2. The highest BCUT2D eigenvalue weighted by Gasteiger charge is 2.55. The quantitative estimate of drug-likeness (QED) is 0.422. The molecule has 0 fully saturated rings. The lowest BCUT2D eigenvalue weighted by Crippen LogP contribution is -2.33. The van der Waals surface area contributed by atoms with E-state index in [-0.39, 0.29) is 10.6 Å². The molecular weight excluding hydrogens is 387 g/mol. The van der Waals surface area contributed by atoms with Gasteiger partial charge in [0.1, 0.15) is 11.5 Å². The van der Waals surface area contributed by atoms with E-state index in [0.29, 0.717) is 44.6 Å². The van der Waals surface area contributed by atoms with E-state index in [1.807, 2.05) is 0 Å². The van der Waals surface area contributed by atoms with Gasteiger partial charge in [-0.2, -0.15) is 0 Å². The third-order valence-electron chi connectivity index (χ3n) is 4.90. The van der Waals surface area contributed by atoms with Crippen LogP contribution >= 0.6 is 23.2 Å². The lowest BCUT2D eigenvalue weighted by atomic mass is 9.77. The first kappa shape index (κ1) is 16.3. The van der Waals surface area contributed by atoms with Crippen molar-refractivity contribution in [2.75, 3.05) is 11.5 Å². The average Bonchev–Trinajstić information content (AvgIpc) is 2.93. The molecule has 5 nitrogen and oxygen atoms in total. The number of ether oxygens (including phenoxy) is 2. The smallest absolute Gasteiger partial charge is 0.341 e. The van der Waals surface area contributed by atoms with E-state index in [1.165, 1.54) is 0 Å². The molecule has 0 amide bonds. The number of halogens is 2. The normalized spacial score (nSPS) is 15.6. The molecule has 27 heavy (non-hydrogen) atoms. The summed E-state index contributed by atoms with van der Waals surface area (Å²) in [6.07, 6.45) is 0. The van der Waals surface area contributed by atoms with Crippen LogP contribution in [-0.2, 0) is 10.3 Å². The van der Waals surface area contributed by atoms with Gasteiger partial charge < -0.3 is 20.9 Å². The molecule has 2 aliphatic heterocycles. The number of carbonyl (C=O) groups is 1. The number of nitrogens with two attached hydrogens (primary N) is 2. The van der Waals surface area contributed by atoms with Gasteiger partial charge in [-0.15, -0.1) is 0 Å². The average molecular weight is 399 g/mol. The second-order valence-electron chi connectivity index (χ2n) is 6.46. The third-order valence-corrected chi connectivity index (χ3v) is 5.53. The first-order valence-electron chi connectivity index (χ1n) is 8.11. The monoisotopic (exact) mass is 398 g/mol. The van der Waals surface area contributed by atoms with Gasteiger partial charge in [0.05, 0.1) is 10.6 Å². The number of esters is 1. The van der Waals surface area contributed by atoms with Gasteiger partial charge >= 0.3 is 5.97 Å². The molecule has 0 radical (unpaired) electrons. The Morgan fingerprint density at radius 2 is 1.37 bits per heavy atom. The highest BCUT2D eigenvalue weighted by molar-refractivity contribution is 6.37. The van der Waals surface area contributed by atoms with Crippen LogP contribution in [0.2, 0.25) is 10.0 Å². The first-order valence-corrected chi connectivity index (χ1v) is 8.87. The molecule has 0 atom stereocenters. The highest BCUT2D eigenvalue weighted by atomic mass is 35.5. The Morgan fingerprint density at radius 1 is 0.815 bits per heavy atom. The van der Waals surface area contributed by atoms with Gasteiger partial charge in [-0.3, -0.25) is 0 Å². The summed E-state index contributed by atoms with van der Waals surface area (Å²) >= 11 is 12.9. The van der Waals surface area contributed by atoms with Gasteiger partial charge in [0.25, 0.3) is 0 Å². The van der Waals surface area contributed by atoms with E-state index < -0.39 is 11.6 Å². The van der Waals surface area contributed by atoms with E-state index in [0.717, 1.165) is 0 Å². The molecule has 0 aromatic heterocycles. The number of hydrogen-bond donors (Lipinski definition) is 2. The van der Waals surface area contributed by atoms with Crippen LogP contribution in [0.1, 0.15) is 27.0 Å². The maximum atomic E-state index is 12.8. The van der Waals surface area contributed by atoms with Crippen LogP contribution in [0.3, 0.4) is 0 Å². The lowest BCUT2D eigenvalue weighted by Gasteiger charge is -2.37. The number of rotatable bonds is 0. The zero-order valence-electron chi connectivity index (χ0n) is 13.8. The van der Waals surface area contributed by atoms with Crippen molar-refractivity contribution in [2.24, 2.45) is 0 Å². The van der Waals surface area contributed by atoms with Crippen LogP contribution in [0, 0.1) is 0 Å². The standard InChI is InChI=1S/C20H12Cl2N2O3/c21-13-5-6-14(22)18-17(13)19(25)27-20(18)11-3-1-9(23)7-15(11)26-16-8-10(24)2-4-12(16)20/h1-8H,23-24H2. The molecule has 0 saturated carbocycles. The molecule has 4 N–H and O–H groups in total. The second kappa shape index (κ2) is 5.31. The minimum absolute atomic E-state index is 0.247. The molecular formula is C20H12Cl2N2O3. The van der Waals surface area contributed by atoms with Crippen molar-refractivity contribution in [3.05, 3.63) is 80.8 Å². The number of carbonyl (C=O) groups excluding carboxylic acids is 1. The molecule has 7 heteroatoms. The molecule has 3 aromatic rings. The Labute approximate surface area is 164 Å². The fourth-order valence-electron chi connectivity index (χ4n) is 3.81. The van der Waals surface area contributed by atoms with Crippen molar-refractivity contribution in [3.63, 3.8) is 0 Å². The van der Waals surface area contributed by atoms with Gasteiger partial charge in [-0.1, -0.05) is 23.2 Å². The number of fused-ring (bicyclic) bond motifs is 6. The van der Waals surface area contributed by atoms with Crippen LogP contribution in [0.5, 0.6) is 11.5 Å². The third kappa shape index (κ3) is 2.04. The van der Waals surface area contributed by atoms with Crippen molar-refractivity contribution in [3.8, 4) is 11.5 Å². The molecule has 0 saturated heterocycles. The molecule has 3 aromatic carbocycles. The van der Waals surface area contributed by atoms with Crippen LogP contribution in [0.25, 0.3) is 0 Å². The maximum absolute atomic E-state index is 12.8. The lowest BCUT2D eigenvalue weighted by molar-refractivity contribution is 0.0225. The fraction of sp³-hybridized carbons (Fsp3) is 0.0500. The molecule has 0 aliphatic carbocycles. The van der Waals surface area contributed by atoms with Crippen molar-refractivity contribution in [1.82, 2.24) is 0 Å². The predicted octanol–water partition coefficient (Wildman–Crippen LogP) is 4.73. The largest absolute Gasteiger partial charge is 0.456 e. The summed E-state index contributed by atoms with van der Waals surface area (Å²) < 4.78 is 12.0. The predicted molar refractivity (Wildman–Crippen MR) is 104 cm³/mol. The van der Waals surface area contributed by atoms with Crippen LogP contribution in [0.15, 0.2) is 48.5 Å². The van der Waals surface area contributed by atoms with Crippen molar-refractivity contribution >= 4 is 40.5 Å². The Kier molecular flexibility index (Phi) is 3.21. The highest BCUT2D eigenvalue weighted by Crippen LogP contribution is 2.58. The minimum atomic E-state index is -1.29. The Balaban J connectivity index is 1.95. The summed E-state index contributed by atoms with van der Waals surface area (Å²) in [6.45, 7) is 0. The van der Waals surface area contributed by atoms with E-state index in [2.05, 4.69) is 0 Å². The first-order chi connectivity index (χ1) is 12.9. The molecule has 1 spiro atoms. The van der Waals surface area contributed by atoms with Crippen LogP contribution in [-0.4, -0.2) is 5.97 Å². The van der Waals surface area contributed by atoms with Gasteiger partial charge in [-0.25, -0.2) is 4.79 Å². The van der Waals surface area contributed by atoms with E-state index in [4.69, 9.17) is 44.1 Å². The molecule has 0 unspecified atom stereocenters. The summed E-state index contributed by atoms with van der Waals surface area (Å²) in [6, 6.07) is 13.5. The Morgan fingerprint density at radius 3 is 1.96 bits per heavy atom. The SMILES string of the molecule is Nc1ccc2c(c1)Oc1cc(N)ccc1C21OC(=O)c2c(Cl)ccc(Cl)c21. The maximum Gasteiger partial charge on any atom is 0.341 e. The van der Waals surface area contributed by atoms with Gasteiger partial charge in [0.2, 0.25) is 0 Å². The Bertz CT molecular complexity index is 1110.